The van der Waals surface area contributed by atoms with Crippen LogP contribution in [-0.4, -0.2) is 27.2 Å². The first-order valence-corrected chi connectivity index (χ1v) is 11.3. The Kier molecular flexibility index (Phi) is 6.36. The van der Waals surface area contributed by atoms with Crippen LogP contribution in [0.3, 0.4) is 0 Å². The molecule has 6 nitrogen and oxygen atoms in total. The van der Waals surface area contributed by atoms with Crippen LogP contribution in [0.15, 0.2) is 89.8 Å². The van der Waals surface area contributed by atoms with Crippen molar-refractivity contribution in [2.45, 2.75) is 17.9 Å². The van der Waals surface area contributed by atoms with Crippen molar-refractivity contribution in [1.82, 2.24) is 0 Å². The molecule has 0 bridgehead atoms. The minimum Gasteiger partial charge on any atom is -0.611 e. The third-order valence-corrected chi connectivity index (χ3v) is 6.61. The fourth-order valence-electron chi connectivity index (χ4n) is 3.65. The lowest BCUT2D eigenvalue weighted by Gasteiger charge is -2.29. The lowest BCUT2D eigenvalue weighted by Crippen LogP contribution is -2.41. The van der Waals surface area contributed by atoms with E-state index in [1.54, 1.807) is 60.7 Å². The molecule has 2 amide bonds. The molecule has 0 aliphatic carbocycles. The molecule has 1 fully saturated rings. The molecule has 158 valence electrons. The lowest BCUT2D eigenvalue weighted by molar-refractivity contribution is -0.127. The Labute approximate surface area is 183 Å². The Bertz CT molecular complexity index is 1060. The summed E-state index contributed by atoms with van der Waals surface area (Å²) in [6.07, 6.45) is 0.167. The SMILES string of the molecule is O=C1C(CC[S+]([O-])c2ccccc2)C(=O)N(c2ccccc2CO)N1c1ccccc1. The summed E-state index contributed by atoms with van der Waals surface area (Å²) in [5.74, 6) is -1.50. The van der Waals surface area contributed by atoms with E-state index in [0.717, 1.165) is 0 Å². The van der Waals surface area contributed by atoms with Gasteiger partial charge in [0.1, 0.15) is 11.7 Å². The molecule has 0 radical (unpaired) electrons. The molecule has 7 heteroatoms. The number of amides is 2. The molecule has 0 saturated carbocycles. The summed E-state index contributed by atoms with van der Waals surface area (Å²) in [6, 6.07) is 24.9. The average molecular weight is 435 g/mol. The average Bonchev–Trinajstić information content (AvgIpc) is 3.07. The molecule has 31 heavy (non-hydrogen) atoms. The Morgan fingerprint density at radius 2 is 1.39 bits per heavy atom. The highest BCUT2D eigenvalue weighted by molar-refractivity contribution is 7.91. The predicted molar refractivity (Wildman–Crippen MR) is 120 cm³/mol. The van der Waals surface area contributed by atoms with Crippen LogP contribution in [0.4, 0.5) is 11.4 Å². The van der Waals surface area contributed by atoms with Crippen LogP contribution in [-0.2, 0) is 27.4 Å². The zero-order valence-electron chi connectivity index (χ0n) is 16.8. The third kappa shape index (κ3) is 4.20. The number of benzene rings is 3. The van der Waals surface area contributed by atoms with Crippen molar-refractivity contribution < 1.29 is 19.2 Å². The quantitative estimate of drug-likeness (QED) is 0.457. The maximum atomic E-state index is 13.4. The highest BCUT2D eigenvalue weighted by Crippen LogP contribution is 2.35. The molecule has 0 aromatic heterocycles. The number of anilines is 2. The second-order valence-electron chi connectivity index (χ2n) is 7.13. The van der Waals surface area contributed by atoms with Crippen molar-refractivity contribution in [3.8, 4) is 0 Å². The summed E-state index contributed by atoms with van der Waals surface area (Å²) in [5, 5.41) is 12.5. The van der Waals surface area contributed by atoms with Crippen LogP contribution in [0.25, 0.3) is 0 Å². The summed E-state index contributed by atoms with van der Waals surface area (Å²) >= 11 is -1.31. The maximum Gasteiger partial charge on any atom is 0.259 e. The number of hydrogen-bond donors (Lipinski definition) is 1. The normalized spacial score (nSPS) is 17.3. The van der Waals surface area contributed by atoms with Crippen molar-refractivity contribution in [3.05, 3.63) is 90.5 Å². The summed E-state index contributed by atoms with van der Waals surface area (Å²) in [6.45, 7) is -0.264. The molecule has 1 aliphatic rings. The van der Waals surface area contributed by atoms with E-state index in [-0.39, 0.29) is 30.6 Å². The zero-order chi connectivity index (χ0) is 21.8. The third-order valence-electron chi connectivity index (χ3n) is 5.20. The van der Waals surface area contributed by atoms with E-state index in [0.29, 0.717) is 21.8 Å². The van der Waals surface area contributed by atoms with Crippen molar-refractivity contribution in [2.24, 2.45) is 5.92 Å². The largest absolute Gasteiger partial charge is 0.611 e. The number of aliphatic hydroxyl groups is 1. The smallest absolute Gasteiger partial charge is 0.259 e. The van der Waals surface area contributed by atoms with E-state index in [1.807, 2.05) is 24.3 Å². The standard InChI is InChI=1S/C24H22N2O4S/c27-17-18-9-7-8-14-22(18)26-24(29)21(15-16-31(30)20-12-5-2-6-13-20)23(28)25(26)19-10-3-1-4-11-19/h1-14,21,27H,15-17H2. The molecule has 1 aliphatic heterocycles. The molecular formula is C24H22N2O4S. The van der Waals surface area contributed by atoms with Gasteiger partial charge in [0.15, 0.2) is 4.90 Å². The van der Waals surface area contributed by atoms with E-state index in [4.69, 9.17) is 0 Å². The van der Waals surface area contributed by atoms with Crippen LogP contribution in [0.1, 0.15) is 12.0 Å². The van der Waals surface area contributed by atoms with Crippen LogP contribution >= 0.6 is 0 Å². The van der Waals surface area contributed by atoms with Gasteiger partial charge < -0.3 is 9.66 Å². The molecule has 1 N–H and O–H groups in total. The topological polar surface area (TPSA) is 83.9 Å². The summed E-state index contributed by atoms with van der Waals surface area (Å²) in [4.78, 5) is 27.4. The maximum absolute atomic E-state index is 13.4. The summed E-state index contributed by atoms with van der Waals surface area (Å²) in [7, 11) is 0. The van der Waals surface area contributed by atoms with Gasteiger partial charge in [0.2, 0.25) is 0 Å². The lowest BCUT2D eigenvalue weighted by atomic mass is 10.1. The predicted octanol–water partition coefficient (Wildman–Crippen LogP) is 3.29. The van der Waals surface area contributed by atoms with Gasteiger partial charge in [0, 0.05) is 12.0 Å². The van der Waals surface area contributed by atoms with Gasteiger partial charge in [0.25, 0.3) is 11.8 Å². The van der Waals surface area contributed by atoms with E-state index < -0.39 is 17.1 Å². The second kappa shape index (κ2) is 9.34. The highest BCUT2D eigenvalue weighted by Gasteiger charge is 2.47. The van der Waals surface area contributed by atoms with Gasteiger partial charge in [-0.25, -0.2) is 10.0 Å². The summed E-state index contributed by atoms with van der Waals surface area (Å²) in [5.41, 5.74) is 1.55. The molecule has 3 aromatic rings. The van der Waals surface area contributed by atoms with Gasteiger partial charge in [-0.2, -0.15) is 0 Å². The number of rotatable bonds is 7. The van der Waals surface area contributed by atoms with Crippen LogP contribution < -0.4 is 10.0 Å². The van der Waals surface area contributed by atoms with Crippen LogP contribution in [0.5, 0.6) is 0 Å². The van der Waals surface area contributed by atoms with E-state index in [1.165, 1.54) is 10.0 Å². The second-order valence-corrected chi connectivity index (χ2v) is 8.70. The highest BCUT2D eigenvalue weighted by atomic mass is 32.2. The number of nitrogens with zero attached hydrogens (tertiary/aromatic N) is 2. The van der Waals surface area contributed by atoms with Gasteiger partial charge in [-0.3, -0.25) is 9.59 Å². The van der Waals surface area contributed by atoms with Gasteiger partial charge in [0.05, 0.1) is 18.0 Å². The minimum absolute atomic E-state index is 0.167. The van der Waals surface area contributed by atoms with Gasteiger partial charge in [-0.1, -0.05) is 54.6 Å². The molecule has 3 aromatic carbocycles. The molecule has 1 saturated heterocycles. The molecular weight excluding hydrogens is 412 g/mol. The Balaban J connectivity index is 1.65. The number of carbonyl (C=O) groups is 2. The number of para-hydroxylation sites is 2. The number of hydrazine groups is 1. The van der Waals surface area contributed by atoms with E-state index in [9.17, 15) is 19.2 Å². The monoisotopic (exact) mass is 434 g/mol. The van der Waals surface area contributed by atoms with E-state index in [2.05, 4.69) is 0 Å². The van der Waals surface area contributed by atoms with Crippen molar-refractivity contribution in [2.75, 3.05) is 15.8 Å². The molecule has 1 heterocycles. The Morgan fingerprint density at radius 3 is 2.06 bits per heavy atom. The summed E-state index contributed by atoms with van der Waals surface area (Å²) < 4.78 is 12.6. The van der Waals surface area contributed by atoms with E-state index >= 15 is 0 Å². The molecule has 2 unspecified atom stereocenters. The molecule has 0 spiro atoms. The Morgan fingerprint density at radius 1 is 0.806 bits per heavy atom. The van der Waals surface area contributed by atoms with Crippen LogP contribution in [0.2, 0.25) is 0 Å². The van der Waals surface area contributed by atoms with Crippen molar-refractivity contribution in [1.29, 1.82) is 0 Å². The molecule has 2 atom stereocenters. The number of aliphatic hydroxyl groups excluding tert-OH is 1. The fourth-order valence-corrected chi connectivity index (χ4v) is 4.80. The van der Waals surface area contributed by atoms with Gasteiger partial charge in [-0.05, 0) is 41.5 Å². The first-order valence-electron chi connectivity index (χ1n) is 9.97. The van der Waals surface area contributed by atoms with Crippen molar-refractivity contribution in [3.63, 3.8) is 0 Å². The first-order chi connectivity index (χ1) is 15.1. The van der Waals surface area contributed by atoms with Gasteiger partial charge in [-0.15, -0.1) is 0 Å². The molecule has 4 rings (SSSR count). The number of carbonyl (C=O) groups excluding carboxylic acids is 2. The minimum atomic E-state index is -1.31. The zero-order valence-corrected chi connectivity index (χ0v) is 17.6. The van der Waals surface area contributed by atoms with Crippen LogP contribution in [0, 0.1) is 5.92 Å². The Hall–Kier alpha value is -3.13. The fraction of sp³-hybridized carbons (Fsp3) is 0.167. The first kappa shape index (κ1) is 21.1. The van der Waals surface area contributed by atoms with Crippen molar-refractivity contribution >= 4 is 34.4 Å². The van der Waals surface area contributed by atoms with Gasteiger partial charge >= 0.3 is 0 Å². The number of hydrogen-bond acceptors (Lipinski definition) is 4.